The van der Waals surface area contributed by atoms with Crippen LogP contribution in [0.5, 0.6) is 0 Å². The molecule has 1 amide bonds. The van der Waals surface area contributed by atoms with E-state index in [1.165, 1.54) is 4.90 Å². The van der Waals surface area contributed by atoms with Crippen LogP contribution in [0.1, 0.15) is 15.9 Å². The lowest BCUT2D eigenvalue weighted by atomic mass is 10.1. The summed E-state index contributed by atoms with van der Waals surface area (Å²) in [5.41, 5.74) is 0.881. The lowest BCUT2D eigenvalue weighted by molar-refractivity contribution is 0.0784. The summed E-state index contributed by atoms with van der Waals surface area (Å²) in [6.45, 7) is 0.356. The van der Waals surface area contributed by atoms with Crippen molar-refractivity contribution in [3.05, 3.63) is 70.2 Å². The van der Waals surface area contributed by atoms with Gasteiger partial charge in [0.2, 0.25) is 0 Å². The third-order valence-electron chi connectivity index (χ3n) is 2.85. The van der Waals surface area contributed by atoms with Crippen LogP contribution in [0.15, 0.2) is 42.5 Å². The minimum Gasteiger partial charge on any atom is -0.337 e. The molecule has 0 aliphatic heterocycles. The molecule has 0 aliphatic rings. The number of rotatable bonds is 3. The highest BCUT2D eigenvalue weighted by atomic mass is 35.5. The summed E-state index contributed by atoms with van der Waals surface area (Å²) in [6.07, 6.45) is 0. The summed E-state index contributed by atoms with van der Waals surface area (Å²) >= 11 is 5.79. The van der Waals surface area contributed by atoms with Gasteiger partial charge in [0, 0.05) is 13.6 Å². The molecular weight excluding hydrogens is 284 g/mol. The summed E-state index contributed by atoms with van der Waals surface area (Å²) in [6, 6.07) is 11.0. The molecular formula is C15H12ClF2NO. The van der Waals surface area contributed by atoms with Gasteiger partial charge in [0.25, 0.3) is 5.91 Å². The van der Waals surface area contributed by atoms with E-state index in [0.29, 0.717) is 6.54 Å². The van der Waals surface area contributed by atoms with Crippen LogP contribution < -0.4 is 0 Å². The normalized spacial score (nSPS) is 10.4. The zero-order valence-electron chi connectivity index (χ0n) is 10.7. The number of hydrogen-bond acceptors (Lipinski definition) is 1. The molecule has 0 radical (unpaired) electrons. The van der Waals surface area contributed by atoms with Gasteiger partial charge < -0.3 is 4.90 Å². The molecule has 0 fully saturated rings. The van der Waals surface area contributed by atoms with Crippen molar-refractivity contribution >= 4 is 17.5 Å². The maximum atomic E-state index is 13.2. The van der Waals surface area contributed by atoms with Crippen LogP contribution in [-0.2, 0) is 6.54 Å². The van der Waals surface area contributed by atoms with Crippen molar-refractivity contribution in [1.29, 1.82) is 0 Å². The molecule has 2 aromatic rings. The molecule has 20 heavy (non-hydrogen) atoms. The van der Waals surface area contributed by atoms with Gasteiger partial charge in [0.1, 0.15) is 0 Å². The van der Waals surface area contributed by atoms with Crippen molar-refractivity contribution in [2.45, 2.75) is 6.54 Å². The molecule has 0 saturated heterocycles. The SMILES string of the molecule is CN(Cc1ccccc1)C(=O)c1cc(F)c(F)cc1Cl. The number of carbonyl (C=O) groups is 1. The first-order valence-corrected chi connectivity index (χ1v) is 6.31. The Bertz CT molecular complexity index is 631. The van der Waals surface area contributed by atoms with Crippen LogP contribution >= 0.6 is 11.6 Å². The van der Waals surface area contributed by atoms with Crippen molar-refractivity contribution in [2.75, 3.05) is 7.05 Å². The Morgan fingerprint density at radius 1 is 1.15 bits per heavy atom. The Labute approximate surface area is 120 Å². The van der Waals surface area contributed by atoms with Crippen molar-refractivity contribution in [2.24, 2.45) is 0 Å². The number of hydrogen-bond donors (Lipinski definition) is 0. The van der Waals surface area contributed by atoms with E-state index in [4.69, 9.17) is 11.6 Å². The third-order valence-corrected chi connectivity index (χ3v) is 3.16. The molecule has 2 nitrogen and oxygen atoms in total. The summed E-state index contributed by atoms with van der Waals surface area (Å²) < 4.78 is 26.2. The van der Waals surface area contributed by atoms with E-state index in [2.05, 4.69) is 0 Å². The summed E-state index contributed by atoms with van der Waals surface area (Å²) in [5, 5.41) is -0.103. The lowest BCUT2D eigenvalue weighted by Gasteiger charge is -2.18. The average Bonchev–Trinajstić information content (AvgIpc) is 2.43. The second-order valence-corrected chi connectivity index (χ2v) is 4.80. The predicted molar refractivity (Wildman–Crippen MR) is 73.6 cm³/mol. The number of amides is 1. The molecule has 0 atom stereocenters. The molecule has 0 aliphatic carbocycles. The highest BCUT2D eigenvalue weighted by molar-refractivity contribution is 6.33. The van der Waals surface area contributed by atoms with Gasteiger partial charge in [-0.3, -0.25) is 4.79 Å². The van der Waals surface area contributed by atoms with Gasteiger partial charge in [0.05, 0.1) is 10.6 Å². The lowest BCUT2D eigenvalue weighted by Crippen LogP contribution is -2.26. The van der Waals surface area contributed by atoms with Crippen LogP contribution in [-0.4, -0.2) is 17.9 Å². The third kappa shape index (κ3) is 3.14. The second kappa shape index (κ2) is 6.01. The molecule has 0 N–H and O–H groups in total. The van der Waals surface area contributed by atoms with Crippen molar-refractivity contribution in [1.82, 2.24) is 4.90 Å². The van der Waals surface area contributed by atoms with Crippen LogP contribution in [0.2, 0.25) is 5.02 Å². The van der Waals surface area contributed by atoms with E-state index in [9.17, 15) is 13.6 Å². The topological polar surface area (TPSA) is 20.3 Å². The highest BCUT2D eigenvalue weighted by Crippen LogP contribution is 2.21. The molecule has 0 spiro atoms. The fraction of sp³-hybridized carbons (Fsp3) is 0.133. The molecule has 0 aromatic heterocycles. The summed E-state index contributed by atoms with van der Waals surface area (Å²) in [7, 11) is 1.58. The maximum absolute atomic E-state index is 13.2. The van der Waals surface area contributed by atoms with Gasteiger partial charge in [-0.1, -0.05) is 41.9 Å². The Balaban J connectivity index is 2.21. The number of carbonyl (C=O) groups excluding carboxylic acids is 1. The largest absolute Gasteiger partial charge is 0.337 e. The van der Waals surface area contributed by atoms with Crippen molar-refractivity contribution in [3.63, 3.8) is 0 Å². The van der Waals surface area contributed by atoms with E-state index in [1.54, 1.807) is 7.05 Å². The van der Waals surface area contributed by atoms with Gasteiger partial charge in [-0.15, -0.1) is 0 Å². The standard InChI is InChI=1S/C15H12ClF2NO/c1-19(9-10-5-3-2-4-6-10)15(20)11-7-13(17)14(18)8-12(11)16/h2-8H,9H2,1H3. The molecule has 0 bridgehead atoms. The fourth-order valence-electron chi connectivity index (χ4n) is 1.82. The van der Waals surface area contributed by atoms with Gasteiger partial charge in [0.15, 0.2) is 11.6 Å². The van der Waals surface area contributed by atoms with E-state index in [-0.39, 0.29) is 10.6 Å². The Morgan fingerprint density at radius 3 is 2.40 bits per heavy atom. The van der Waals surface area contributed by atoms with Crippen molar-refractivity contribution < 1.29 is 13.6 Å². The molecule has 2 aromatic carbocycles. The van der Waals surface area contributed by atoms with Gasteiger partial charge >= 0.3 is 0 Å². The monoisotopic (exact) mass is 295 g/mol. The van der Waals surface area contributed by atoms with Crippen LogP contribution in [0.4, 0.5) is 8.78 Å². The zero-order valence-corrected chi connectivity index (χ0v) is 11.5. The average molecular weight is 296 g/mol. The van der Waals surface area contributed by atoms with E-state index < -0.39 is 17.5 Å². The Kier molecular flexibility index (Phi) is 4.35. The van der Waals surface area contributed by atoms with E-state index in [1.807, 2.05) is 30.3 Å². The Morgan fingerprint density at radius 2 is 1.75 bits per heavy atom. The quantitative estimate of drug-likeness (QED) is 0.787. The smallest absolute Gasteiger partial charge is 0.255 e. The predicted octanol–water partition coefficient (Wildman–Crippen LogP) is 3.89. The van der Waals surface area contributed by atoms with E-state index in [0.717, 1.165) is 17.7 Å². The first kappa shape index (κ1) is 14.5. The number of halogens is 3. The molecule has 5 heteroatoms. The van der Waals surface area contributed by atoms with Gasteiger partial charge in [-0.2, -0.15) is 0 Å². The van der Waals surface area contributed by atoms with Crippen molar-refractivity contribution in [3.8, 4) is 0 Å². The molecule has 0 unspecified atom stereocenters. The molecule has 0 saturated carbocycles. The van der Waals surface area contributed by atoms with Gasteiger partial charge in [-0.05, 0) is 17.7 Å². The molecule has 104 valence electrons. The van der Waals surface area contributed by atoms with Crippen LogP contribution in [0, 0.1) is 11.6 Å². The summed E-state index contributed by atoms with van der Waals surface area (Å²) in [4.78, 5) is 13.6. The minimum atomic E-state index is -1.09. The maximum Gasteiger partial charge on any atom is 0.255 e. The first-order chi connectivity index (χ1) is 9.49. The summed E-state index contributed by atoms with van der Waals surface area (Å²) in [5.74, 6) is -2.62. The zero-order chi connectivity index (χ0) is 14.7. The first-order valence-electron chi connectivity index (χ1n) is 5.93. The van der Waals surface area contributed by atoms with Crippen LogP contribution in [0.25, 0.3) is 0 Å². The molecule has 2 rings (SSSR count). The number of benzene rings is 2. The van der Waals surface area contributed by atoms with Gasteiger partial charge in [-0.25, -0.2) is 8.78 Å². The fourth-order valence-corrected chi connectivity index (χ4v) is 2.05. The Hall–Kier alpha value is -1.94. The second-order valence-electron chi connectivity index (χ2n) is 4.39. The molecule has 0 heterocycles. The number of nitrogens with zero attached hydrogens (tertiary/aromatic N) is 1. The highest BCUT2D eigenvalue weighted by Gasteiger charge is 2.18. The van der Waals surface area contributed by atoms with Crippen LogP contribution in [0.3, 0.4) is 0 Å². The minimum absolute atomic E-state index is 0.0519. The van der Waals surface area contributed by atoms with E-state index >= 15 is 0 Å².